The summed E-state index contributed by atoms with van der Waals surface area (Å²) in [4.78, 5) is 12.9. The molecule has 0 saturated heterocycles. The third kappa shape index (κ3) is 3.08. The normalized spacial score (nSPS) is 10.8. The van der Waals surface area contributed by atoms with Gasteiger partial charge in [0.25, 0.3) is 5.91 Å². The Morgan fingerprint density at radius 1 is 1.04 bits per heavy atom. The number of nitrogens with one attached hydrogen (secondary N) is 1. The summed E-state index contributed by atoms with van der Waals surface area (Å²) in [6.07, 6.45) is 0. The third-order valence-electron chi connectivity index (χ3n) is 3.97. The van der Waals surface area contributed by atoms with Crippen LogP contribution in [0.4, 0.5) is 5.69 Å². The predicted octanol–water partition coefficient (Wildman–Crippen LogP) is 5.03. The van der Waals surface area contributed by atoms with E-state index in [-0.39, 0.29) is 5.91 Å². The molecule has 0 bridgehead atoms. The molecule has 4 heteroatoms. The van der Waals surface area contributed by atoms with Crippen LogP contribution in [0.1, 0.15) is 41.4 Å². The third-order valence-corrected chi connectivity index (χ3v) is 3.97. The standard InChI is InChI=1S/C20H20N2O2/c1-13(2)16-11-7-8-12-17(16)21-20(23)18-14(3)24-22-19(18)15-9-5-4-6-10-15/h4-13H,1-3H3,(H,21,23). The molecule has 1 amide bonds. The first-order valence-electron chi connectivity index (χ1n) is 8.00. The highest BCUT2D eigenvalue weighted by Gasteiger charge is 2.22. The number of hydrogen-bond acceptors (Lipinski definition) is 3. The highest BCUT2D eigenvalue weighted by Crippen LogP contribution is 2.28. The van der Waals surface area contributed by atoms with Crippen molar-refractivity contribution in [1.82, 2.24) is 5.16 Å². The number of benzene rings is 2. The molecule has 1 aromatic heterocycles. The van der Waals surface area contributed by atoms with Crippen LogP contribution in [0, 0.1) is 6.92 Å². The van der Waals surface area contributed by atoms with Crippen LogP contribution in [0.5, 0.6) is 0 Å². The number of carbonyl (C=O) groups excluding carboxylic acids is 1. The highest BCUT2D eigenvalue weighted by molar-refractivity contribution is 6.09. The average Bonchev–Trinajstić information content (AvgIpc) is 2.97. The van der Waals surface area contributed by atoms with Gasteiger partial charge < -0.3 is 9.84 Å². The number of aromatic nitrogens is 1. The molecule has 0 spiro atoms. The van der Waals surface area contributed by atoms with Crippen LogP contribution in [0.15, 0.2) is 59.1 Å². The van der Waals surface area contributed by atoms with Crippen molar-refractivity contribution in [3.63, 3.8) is 0 Å². The molecule has 1 heterocycles. The minimum absolute atomic E-state index is 0.208. The number of aryl methyl sites for hydroxylation is 1. The summed E-state index contributed by atoms with van der Waals surface area (Å²) in [5.74, 6) is 0.618. The van der Waals surface area contributed by atoms with E-state index >= 15 is 0 Å². The van der Waals surface area contributed by atoms with Crippen molar-refractivity contribution in [3.8, 4) is 11.3 Å². The molecule has 0 aliphatic heterocycles. The number of carbonyl (C=O) groups is 1. The van der Waals surface area contributed by atoms with E-state index in [1.807, 2.05) is 54.6 Å². The Labute approximate surface area is 141 Å². The number of hydrogen-bond donors (Lipinski definition) is 1. The molecule has 0 radical (unpaired) electrons. The Morgan fingerprint density at radius 2 is 1.71 bits per heavy atom. The van der Waals surface area contributed by atoms with E-state index in [2.05, 4.69) is 24.3 Å². The fourth-order valence-corrected chi connectivity index (χ4v) is 2.73. The zero-order valence-electron chi connectivity index (χ0n) is 14.0. The van der Waals surface area contributed by atoms with Gasteiger partial charge in [0.15, 0.2) is 0 Å². The SMILES string of the molecule is Cc1onc(-c2ccccc2)c1C(=O)Nc1ccccc1C(C)C. The van der Waals surface area contributed by atoms with Gasteiger partial charge in [0, 0.05) is 11.3 Å². The number of anilines is 1. The second kappa shape index (κ2) is 6.71. The Kier molecular flexibility index (Phi) is 4.47. The van der Waals surface area contributed by atoms with Gasteiger partial charge in [-0.05, 0) is 24.5 Å². The van der Waals surface area contributed by atoms with Gasteiger partial charge in [0.05, 0.1) is 0 Å². The number of rotatable bonds is 4. The molecular weight excluding hydrogens is 300 g/mol. The van der Waals surface area contributed by atoms with Crippen molar-refractivity contribution >= 4 is 11.6 Å². The lowest BCUT2D eigenvalue weighted by molar-refractivity contribution is 0.102. The van der Waals surface area contributed by atoms with Crippen molar-refractivity contribution in [1.29, 1.82) is 0 Å². The minimum atomic E-state index is -0.208. The second-order valence-corrected chi connectivity index (χ2v) is 6.02. The van der Waals surface area contributed by atoms with Gasteiger partial charge in [-0.1, -0.05) is 67.5 Å². The molecule has 3 aromatic rings. The summed E-state index contributed by atoms with van der Waals surface area (Å²) in [7, 11) is 0. The zero-order valence-corrected chi connectivity index (χ0v) is 14.0. The Hall–Kier alpha value is -2.88. The van der Waals surface area contributed by atoms with E-state index in [9.17, 15) is 4.79 Å². The van der Waals surface area contributed by atoms with Gasteiger partial charge in [0.1, 0.15) is 17.0 Å². The lowest BCUT2D eigenvalue weighted by Gasteiger charge is -2.13. The van der Waals surface area contributed by atoms with E-state index in [1.165, 1.54) is 0 Å². The quantitative estimate of drug-likeness (QED) is 0.734. The molecule has 24 heavy (non-hydrogen) atoms. The number of nitrogens with zero attached hydrogens (tertiary/aromatic N) is 1. The molecule has 0 saturated carbocycles. The molecule has 0 aliphatic carbocycles. The fraction of sp³-hybridized carbons (Fsp3) is 0.200. The average molecular weight is 320 g/mol. The van der Waals surface area contributed by atoms with E-state index in [1.54, 1.807) is 6.92 Å². The second-order valence-electron chi connectivity index (χ2n) is 6.02. The molecule has 0 fully saturated rings. The van der Waals surface area contributed by atoms with Gasteiger partial charge >= 0.3 is 0 Å². The van der Waals surface area contributed by atoms with E-state index in [0.29, 0.717) is 22.9 Å². The molecular formula is C20H20N2O2. The van der Waals surface area contributed by atoms with E-state index < -0.39 is 0 Å². The lowest BCUT2D eigenvalue weighted by Crippen LogP contribution is -2.15. The largest absolute Gasteiger partial charge is 0.360 e. The Balaban J connectivity index is 1.96. The van der Waals surface area contributed by atoms with E-state index in [4.69, 9.17) is 4.52 Å². The maximum absolute atomic E-state index is 12.9. The molecule has 0 unspecified atom stereocenters. The van der Waals surface area contributed by atoms with Crippen LogP contribution in [0.25, 0.3) is 11.3 Å². The van der Waals surface area contributed by atoms with Gasteiger partial charge in [0.2, 0.25) is 0 Å². The molecule has 1 N–H and O–H groups in total. The van der Waals surface area contributed by atoms with Crippen molar-refractivity contribution in [2.75, 3.05) is 5.32 Å². The molecule has 0 aliphatic rings. The smallest absolute Gasteiger partial charge is 0.261 e. The molecule has 2 aromatic carbocycles. The monoisotopic (exact) mass is 320 g/mol. The minimum Gasteiger partial charge on any atom is -0.360 e. The van der Waals surface area contributed by atoms with Crippen LogP contribution < -0.4 is 5.32 Å². The predicted molar refractivity (Wildman–Crippen MR) is 95.2 cm³/mol. The topological polar surface area (TPSA) is 55.1 Å². The van der Waals surface area contributed by atoms with Gasteiger partial charge in [-0.3, -0.25) is 4.79 Å². The Bertz CT molecular complexity index is 851. The summed E-state index contributed by atoms with van der Waals surface area (Å²) in [5.41, 5.74) is 3.81. The van der Waals surface area contributed by atoms with Gasteiger partial charge in [-0.15, -0.1) is 0 Å². The van der Waals surface area contributed by atoms with Crippen molar-refractivity contribution in [2.45, 2.75) is 26.7 Å². The van der Waals surface area contributed by atoms with Crippen LogP contribution in [0.3, 0.4) is 0 Å². The van der Waals surface area contributed by atoms with Crippen LogP contribution in [-0.2, 0) is 0 Å². The summed E-state index contributed by atoms with van der Waals surface area (Å²) in [5, 5.41) is 7.08. The number of amides is 1. The summed E-state index contributed by atoms with van der Waals surface area (Å²) < 4.78 is 5.28. The highest BCUT2D eigenvalue weighted by atomic mass is 16.5. The zero-order chi connectivity index (χ0) is 17.1. The van der Waals surface area contributed by atoms with Gasteiger partial charge in [-0.25, -0.2) is 0 Å². The summed E-state index contributed by atoms with van der Waals surface area (Å²) in [6.45, 7) is 5.96. The van der Waals surface area contributed by atoms with Crippen LogP contribution >= 0.6 is 0 Å². The van der Waals surface area contributed by atoms with E-state index in [0.717, 1.165) is 16.8 Å². The van der Waals surface area contributed by atoms with Crippen molar-refractivity contribution in [2.24, 2.45) is 0 Å². The van der Waals surface area contributed by atoms with Crippen LogP contribution in [0.2, 0.25) is 0 Å². The van der Waals surface area contributed by atoms with Crippen molar-refractivity contribution < 1.29 is 9.32 Å². The molecule has 0 atom stereocenters. The van der Waals surface area contributed by atoms with Crippen LogP contribution in [-0.4, -0.2) is 11.1 Å². The number of para-hydroxylation sites is 1. The maximum Gasteiger partial charge on any atom is 0.261 e. The molecule has 122 valence electrons. The lowest BCUT2D eigenvalue weighted by atomic mass is 10.0. The molecule has 4 nitrogen and oxygen atoms in total. The first-order chi connectivity index (χ1) is 11.6. The maximum atomic E-state index is 12.9. The summed E-state index contributed by atoms with van der Waals surface area (Å²) in [6, 6.07) is 17.4. The molecule has 3 rings (SSSR count). The van der Waals surface area contributed by atoms with Crippen molar-refractivity contribution in [3.05, 3.63) is 71.5 Å². The first kappa shape index (κ1) is 16.0. The summed E-state index contributed by atoms with van der Waals surface area (Å²) >= 11 is 0. The fourth-order valence-electron chi connectivity index (χ4n) is 2.73. The first-order valence-corrected chi connectivity index (χ1v) is 8.00. The van der Waals surface area contributed by atoms with Gasteiger partial charge in [-0.2, -0.15) is 0 Å². The Morgan fingerprint density at radius 3 is 2.42 bits per heavy atom.